The maximum Gasteiger partial charge on any atom is 0.405 e. The normalized spacial score (nSPS) is 11.4. The highest BCUT2D eigenvalue weighted by Crippen LogP contribution is 2.25. The maximum atomic E-state index is 12.4. The van der Waals surface area contributed by atoms with Gasteiger partial charge < -0.3 is 4.90 Å². The molecule has 0 radical (unpaired) electrons. The standard InChI is InChI=1S/C12H14F3NO/c1-3-16(8-12(13,14)15)11-5-4-10(7-17)6-9(11)2/h4-7H,3,8H2,1-2H3. The summed E-state index contributed by atoms with van der Waals surface area (Å²) < 4.78 is 37.1. The monoisotopic (exact) mass is 245 g/mol. The molecule has 17 heavy (non-hydrogen) atoms. The minimum absolute atomic E-state index is 0.265. The van der Waals surface area contributed by atoms with Gasteiger partial charge in [-0.1, -0.05) is 0 Å². The number of hydrogen-bond acceptors (Lipinski definition) is 2. The number of rotatable bonds is 4. The number of aryl methyl sites for hydroxylation is 1. The van der Waals surface area contributed by atoms with Crippen molar-refractivity contribution in [1.29, 1.82) is 0 Å². The van der Waals surface area contributed by atoms with Crippen LogP contribution in [0.1, 0.15) is 22.8 Å². The second kappa shape index (κ2) is 5.21. The predicted molar refractivity (Wildman–Crippen MR) is 60.5 cm³/mol. The second-order valence-electron chi connectivity index (χ2n) is 3.79. The Morgan fingerprint density at radius 1 is 1.35 bits per heavy atom. The van der Waals surface area contributed by atoms with Gasteiger partial charge in [-0.3, -0.25) is 4.79 Å². The number of benzene rings is 1. The molecule has 0 N–H and O–H groups in total. The summed E-state index contributed by atoms with van der Waals surface area (Å²) >= 11 is 0. The summed E-state index contributed by atoms with van der Waals surface area (Å²) in [6.07, 6.45) is -3.55. The van der Waals surface area contributed by atoms with E-state index in [2.05, 4.69) is 0 Å². The quantitative estimate of drug-likeness (QED) is 0.759. The highest BCUT2D eigenvalue weighted by Gasteiger charge is 2.30. The van der Waals surface area contributed by atoms with Crippen molar-refractivity contribution in [3.8, 4) is 0 Å². The number of nitrogens with zero attached hydrogens (tertiary/aromatic N) is 1. The highest BCUT2D eigenvalue weighted by atomic mass is 19.4. The first-order valence-electron chi connectivity index (χ1n) is 5.25. The van der Waals surface area contributed by atoms with E-state index < -0.39 is 12.7 Å². The van der Waals surface area contributed by atoms with Crippen molar-refractivity contribution in [1.82, 2.24) is 0 Å². The molecule has 0 amide bonds. The van der Waals surface area contributed by atoms with Gasteiger partial charge in [0.15, 0.2) is 0 Å². The van der Waals surface area contributed by atoms with Gasteiger partial charge in [0.2, 0.25) is 0 Å². The van der Waals surface area contributed by atoms with E-state index in [9.17, 15) is 18.0 Å². The van der Waals surface area contributed by atoms with E-state index in [0.29, 0.717) is 23.1 Å². The van der Waals surface area contributed by atoms with Crippen molar-refractivity contribution < 1.29 is 18.0 Å². The van der Waals surface area contributed by atoms with Gasteiger partial charge in [-0.15, -0.1) is 0 Å². The molecule has 1 aromatic rings. The van der Waals surface area contributed by atoms with Crippen molar-refractivity contribution in [2.45, 2.75) is 20.0 Å². The van der Waals surface area contributed by atoms with Gasteiger partial charge in [0.1, 0.15) is 12.8 Å². The molecule has 0 bridgehead atoms. The minimum Gasteiger partial charge on any atom is -0.363 e. The molecule has 0 fully saturated rings. The van der Waals surface area contributed by atoms with Crippen LogP contribution in [-0.2, 0) is 0 Å². The Balaban J connectivity index is 3.00. The van der Waals surface area contributed by atoms with Gasteiger partial charge in [0.25, 0.3) is 0 Å². The lowest BCUT2D eigenvalue weighted by Gasteiger charge is -2.26. The molecule has 0 unspecified atom stereocenters. The summed E-state index contributed by atoms with van der Waals surface area (Å²) in [6.45, 7) is 2.64. The lowest BCUT2D eigenvalue weighted by atomic mass is 10.1. The fourth-order valence-corrected chi connectivity index (χ4v) is 1.69. The number of anilines is 1. The molecule has 0 aliphatic carbocycles. The average Bonchev–Trinajstić information content (AvgIpc) is 2.24. The first kappa shape index (κ1) is 13.5. The molecule has 1 rings (SSSR count). The number of alkyl halides is 3. The smallest absolute Gasteiger partial charge is 0.363 e. The van der Waals surface area contributed by atoms with E-state index in [-0.39, 0.29) is 6.54 Å². The molecule has 0 heterocycles. The first-order chi connectivity index (χ1) is 7.87. The van der Waals surface area contributed by atoms with Gasteiger partial charge >= 0.3 is 6.18 Å². The van der Waals surface area contributed by atoms with Crippen LogP contribution in [0.4, 0.5) is 18.9 Å². The summed E-state index contributed by atoms with van der Waals surface area (Å²) in [5.74, 6) is 0. The summed E-state index contributed by atoms with van der Waals surface area (Å²) in [5.41, 5.74) is 1.64. The number of hydrogen-bond donors (Lipinski definition) is 0. The topological polar surface area (TPSA) is 20.3 Å². The van der Waals surface area contributed by atoms with E-state index in [1.165, 1.54) is 11.0 Å². The second-order valence-corrected chi connectivity index (χ2v) is 3.79. The Kier molecular flexibility index (Phi) is 4.15. The molecular weight excluding hydrogens is 231 g/mol. The summed E-state index contributed by atoms with van der Waals surface area (Å²) in [7, 11) is 0. The van der Waals surface area contributed by atoms with Crippen molar-refractivity contribution in [3.63, 3.8) is 0 Å². The maximum absolute atomic E-state index is 12.4. The highest BCUT2D eigenvalue weighted by molar-refractivity contribution is 5.76. The van der Waals surface area contributed by atoms with Crippen LogP contribution >= 0.6 is 0 Å². The van der Waals surface area contributed by atoms with Gasteiger partial charge in [-0.2, -0.15) is 13.2 Å². The minimum atomic E-state index is -4.23. The SMILES string of the molecule is CCN(CC(F)(F)F)c1ccc(C=O)cc1C. The van der Waals surface area contributed by atoms with Gasteiger partial charge in [-0.25, -0.2) is 0 Å². The molecule has 94 valence electrons. The van der Waals surface area contributed by atoms with Crippen LogP contribution < -0.4 is 4.90 Å². The zero-order chi connectivity index (χ0) is 13.1. The molecule has 5 heteroatoms. The van der Waals surface area contributed by atoms with Crippen molar-refractivity contribution in [3.05, 3.63) is 29.3 Å². The third-order valence-electron chi connectivity index (χ3n) is 2.45. The summed E-state index contributed by atoms with van der Waals surface area (Å²) in [5, 5.41) is 0. The van der Waals surface area contributed by atoms with Crippen LogP contribution in [-0.4, -0.2) is 25.6 Å². The Morgan fingerprint density at radius 3 is 2.41 bits per heavy atom. The Hall–Kier alpha value is -1.52. The van der Waals surface area contributed by atoms with Gasteiger partial charge in [-0.05, 0) is 37.6 Å². The molecule has 0 atom stereocenters. The van der Waals surface area contributed by atoms with E-state index >= 15 is 0 Å². The largest absolute Gasteiger partial charge is 0.405 e. The lowest BCUT2D eigenvalue weighted by Crippen LogP contribution is -2.34. The first-order valence-corrected chi connectivity index (χ1v) is 5.25. The van der Waals surface area contributed by atoms with Crippen LogP contribution in [0.25, 0.3) is 0 Å². The fourth-order valence-electron chi connectivity index (χ4n) is 1.69. The van der Waals surface area contributed by atoms with Gasteiger partial charge in [0, 0.05) is 17.8 Å². The van der Waals surface area contributed by atoms with Crippen LogP contribution in [0.15, 0.2) is 18.2 Å². The lowest BCUT2D eigenvalue weighted by molar-refractivity contribution is -0.119. The fraction of sp³-hybridized carbons (Fsp3) is 0.417. The Bertz CT molecular complexity index is 401. The van der Waals surface area contributed by atoms with E-state index in [0.717, 1.165) is 0 Å². The van der Waals surface area contributed by atoms with Gasteiger partial charge in [0.05, 0.1) is 0 Å². The Labute approximate surface area is 98.0 Å². The number of aldehydes is 1. The zero-order valence-electron chi connectivity index (χ0n) is 9.71. The number of carbonyl (C=O) groups is 1. The summed E-state index contributed by atoms with van der Waals surface area (Å²) in [6, 6.07) is 4.66. The van der Waals surface area contributed by atoms with Crippen LogP contribution in [0, 0.1) is 6.92 Å². The molecule has 0 aliphatic heterocycles. The average molecular weight is 245 g/mol. The van der Waals surface area contributed by atoms with Crippen molar-refractivity contribution >= 4 is 12.0 Å². The molecule has 0 aromatic heterocycles. The number of carbonyl (C=O) groups excluding carboxylic acids is 1. The van der Waals surface area contributed by atoms with E-state index in [1.807, 2.05) is 0 Å². The van der Waals surface area contributed by atoms with E-state index in [4.69, 9.17) is 0 Å². The van der Waals surface area contributed by atoms with Crippen LogP contribution in [0.5, 0.6) is 0 Å². The van der Waals surface area contributed by atoms with Crippen LogP contribution in [0.2, 0.25) is 0 Å². The van der Waals surface area contributed by atoms with Crippen molar-refractivity contribution in [2.24, 2.45) is 0 Å². The van der Waals surface area contributed by atoms with E-state index in [1.54, 1.807) is 26.0 Å². The van der Waals surface area contributed by atoms with Crippen LogP contribution in [0.3, 0.4) is 0 Å². The zero-order valence-corrected chi connectivity index (χ0v) is 9.71. The molecular formula is C12H14F3NO. The third kappa shape index (κ3) is 3.76. The molecule has 1 aromatic carbocycles. The molecule has 0 saturated carbocycles. The predicted octanol–water partition coefficient (Wildman–Crippen LogP) is 3.20. The molecule has 0 spiro atoms. The molecule has 2 nitrogen and oxygen atoms in total. The Morgan fingerprint density at radius 2 is 2.00 bits per heavy atom. The van der Waals surface area contributed by atoms with Crippen molar-refractivity contribution in [2.75, 3.05) is 18.0 Å². The molecule has 0 saturated heterocycles. The summed E-state index contributed by atoms with van der Waals surface area (Å²) in [4.78, 5) is 11.8. The third-order valence-corrected chi connectivity index (χ3v) is 2.45. The molecule has 0 aliphatic rings. The number of halogens is 3.